The van der Waals surface area contributed by atoms with E-state index in [0.717, 1.165) is 0 Å². The van der Waals surface area contributed by atoms with Crippen molar-refractivity contribution in [1.29, 1.82) is 0 Å². The summed E-state index contributed by atoms with van der Waals surface area (Å²) in [5.74, 6) is 1.12. The van der Waals surface area contributed by atoms with E-state index in [4.69, 9.17) is 9.47 Å². The van der Waals surface area contributed by atoms with Crippen LogP contribution in [0.4, 0.5) is 10.5 Å². The number of carbonyl (C=O) groups is 2. The second-order valence-electron chi connectivity index (χ2n) is 8.46. The zero-order valence-corrected chi connectivity index (χ0v) is 18.6. The lowest BCUT2D eigenvalue weighted by Crippen LogP contribution is -2.52. The number of likely N-dealkylation sites (tertiary alicyclic amines) is 1. The standard InChI is InChI=1S/C24H30N4O4/c1-17-15-28(16-18(2)31-17)23(29)19-10-13-27(14-11-19)24(30)26-21-9-6-12-25-22(21)32-20-7-4-3-5-8-20/h3-9,12,17-19H,10-11,13-16H2,1-2H3,(H,26,30)/t17-,18-/m0/s1. The molecule has 2 atom stereocenters. The summed E-state index contributed by atoms with van der Waals surface area (Å²) in [6, 6.07) is 12.6. The molecule has 0 saturated carbocycles. The molecule has 8 heteroatoms. The van der Waals surface area contributed by atoms with Gasteiger partial charge in [-0.3, -0.25) is 4.79 Å². The summed E-state index contributed by atoms with van der Waals surface area (Å²) in [6.07, 6.45) is 3.05. The Morgan fingerprint density at radius 2 is 1.69 bits per heavy atom. The van der Waals surface area contributed by atoms with Crippen LogP contribution in [0.1, 0.15) is 26.7 Å². The van der Waals surface area contributed by atoms with Crippen molar-refractivity contribution in [3.63, 3.8) is 0 Å². The van der Waals surface area contributed by atoms with Crippen LogP contribution in [0.15, 0.2) is 48.7 Å². The second kappa shape index (κ2) is 9.99. The number of urea groups is 1. The van der Waals surface area contributed by atoms with Crippen LogP contribution in [0.3, 0.4) is 0 Å². The van der Waals surface area contributed by atoms with Gasteiger partial charge in [-0.1, -0.05) is 18.2 Å². The minimum Gasteiger partial charge on any atom is -0.437 e. The molecule has 2 aliphatic rings. The normalized spacial score (nSPS) is 21.8. The molecular formula is C24H30N4O4. The number of anilines is 1. The zero-order chi connectivity index (χ0) is 22.5. The van der Waals surface area contributed by atoms with Gasteiger partial charge < -0.3 is 24.6 Å². The molecule has 2 fully saturated rings. The van der Waals surface area contributed by atoms with E-state index < -0.39 is 0 Å². The molecule has 0 unspecified atom stereocenters. The lowest BCUT2D eigenvalue weighted by Gasteiger charge is -2.39. The van der Waals surface area contributed by atoms with Crippen LogP contribution in [0.25, 0.3) is 0 Å². The van der Waals surface area contributed by atoms with Crippen molar-refractivity contribution in [3.8, 4) is 11.6 Å². The monoisotopic (exact) mass is 438 g/mol. The Morgan fingerprint density at radius 3 is 2.38 bits per heavy atom. The van der Waals surface area contributed by atoms with Crippen molar-refractivity contribution in [2.45, 2.75) is 38.9 Å². The van der Waals surface area contributed by atoms with Crippen LogP contribution in [0.5, 0.6) is 11.6 Å². The van der Waals surface area contributed by atoms with Gasteiger partial charge >= 0.3 is 6.03 Å². The Labute approximate surface area is 188 Å². The van der Waals surface area contributed by atoms with Crippen LogP contribution in [-0.2, 0) is 9.53 Å². The number of benzene rings is 1. The molecular weight excluding hydrogens is 408 g/mol. The van der Waals surface area contributed by atoms with Gasteiger partial charge in [-0.2, -0.15) is 0 Å². The first-order chi connectivity index (χ1) is 15.5. The van der Waals surface area contributed by atoms with Gasteiger partial charge in [0.2, 0.25) is 11.8 Å². The molecule has 0 spiro atoms. The summed E-state index contributed by atoms with van der Waals surface area (Å²) in [7, 11) is 0. The van der Waals surface area contributed by atoms with E-state index in [-0.39, 0.29) is 30.1 Å². The molecule has 3 amide bonds. The third-order valence-corrected chi connectivity index (χ3v) is 5.83. The highest BCUT2D eigenvalue weighted by Gasteiger charge is 2.33. The highest BCUT2D eigenvalue weighted by Crippen LogP contribution is 2.28. The van der Waals surface area contributed by atoms with Gasteiger partial charge in [0, 0.05) is 38.3 Å². The Bertz CT molecular complexity index is 921. The number of carbonyl (C=O) groups excluding carboxylic acids is 2. The van der Waals surface area contributed by atoms with Crippen LogP contribution in [0, 0.1) is 5.92 Å². The lowest BCUT2D eigenvalue weighted by atomic mass is 9.95. The van der Waals surface area contributed by atoms with Crippen molar-refractivity contribution < 1.29 is 19.1 Å². The van der Waals surface area contributed by atoms with Crippen molar-refractivity contribution >= 4 is 17.6 Å². The minimum absolute atomic E-state index is 0.0492. The molecule has 3 heterocycles. The average Bonchev–Trinajstić information content (AvgIpc) is 2.80. The third-order valence-electron chi connectivity index (χ3n) is 5.83. The summed E-state index contributed by atoms with van der Waals surface area (Å²) in [4.78, 5) is 33.7. The molecule has 1 aromatic heterocycles. The number of hydrogen-bond donors (Lipinski definition) is 1. The maximum Gasteiger partial charge on any atom is 0.321 e. The number of nitrogens with zero attached hydrogens (tertiary/aromatic N) is 3. The maximum absolute atomic E-state index is 13.0. The number of nitrogens with one attached hydrogen (secondary N) is 1. The fraction of sp³-hybridized carbons (Fsp3) is 0.458. The van der Waals surface area contributed by atoms with Crippen LogP contribution >= 0.6 is 0 Å². The number of aromatic nitrogens is 1. The quantitative estimate of drug-likeness (QED) is 0.786. The molecule has 2 aliphatic heterocycles. The smallest absolute Gasteiger partial charge is 0.321 e. The van der Waals surface area contributed by atoms with E-state index in [1.165, 1.54) is 0 Å². The van der Waals surface area contributed by atoms with Crippen molar-refractivity contribution in [2.24, 2.45) is 5.92 Å². The highest BCUT2D eigenvalue weighted by atomic mass is 16.5. The first-order valence-electron chi connectivity index (χ1n) is 11.2. The van der Waals surface area contributed by atoms with E-state index in [0.29, 0.717) is 56.3 Å². The number of piperidine rings is 1. The Kier molecular flexibility index (Phi) is 6.90. The van der Waals surface area contributed by atoms with E-state index in [2.05, 4.69) is 10.3 Å². The Hall–Kier alpha value is -3.13. The SMILES string of the molecule is C[C@H]1CN(C(=O)C2CCN(C(=O)Nc3cccnc3Oc3ccccc3)CC2)C[C@H](C)O1. The molecule has 4 rings (SSSR count). The first kappa shape index (κ1) is 22.1. The largest absolute Gasteiger partial charge is 0.437 e. The number of para-hydroxylation sites is 1. The fourth-order valence-corrected chi connectivity index (χ4v) is 4.31. The number of pyridine rings is 1. The molecule has 0 aliphatic carbocycles. The van der Waals surface area contributed by atoms with Gasteiger partial charge in [-0.05, 0) is 51.0 Å². The Morgan fingerprint density at radius 1 is 1.00 bits per heavy atom. The molecule has 2 saturated heterocycles. The van der Waals surface area contributed by atoms with Gasteiger partial charge in [-0.25, -0.2) is 9.78 Å². The maximum atomic E-state index is 13.0. The summed E-state index contributed by atoms with van der Waals surface area (Å²) in [6.45, 7) is 6.33. The van der Waals surface area contributed by atoms with Gasteiger partial charge in [0.25, 0.3) is 0 Å². The molecule has 1 aromatic carbocycles. The summed E-state index contributed by atoms with van der Waals surface area (Å²) in [5.41, 5.74) is 0.510. The van der Waals surface area contributed by atoms with Crippen molar-refractivity contribution in [2.75, 3.05) is 31.5 Å². The van der Waals surface area contributed by atoms with Gasteiger partial charge in [-0.15, -0.1) is 0 Å². The zero-order valence-electron chi connectivity index (χ0n) is 18.6. The Balaban J connectivity index is 1.32. The van der Waals surface area contributed by atoms with Gasteiger partial charge in [0.15, 0.2) is 0 Å². The number of amides is 3. The third kappa shape index (κ3) is 5.37. The number of rotatable bonds is 4. The molecule has 2 aromatic rings. The second-order valence-corrected chi connectivity index (χ2v) is 8.46. The van der Waals surface area contributed by atoms with Crippen molar-refractivity contribution in [1.82, 2.24) is 14.8 Å². The average molecular weight is 439 g/mol. The number of hydrogen-bond acceptors (Lipinski definition) is 5. The van der Waals surface area contributed by atoms with Crippen molar-refractivity contribution in [3.05, 3.63) is 48.7 Å². The van der Waals surface area contributed by atoms with E-state index >= 15 is 0 Å². The fourth-order valence-electron chi connectivity index (χ4n) is 4.31. The lowest BCUT2D eigenvalue weighted by molar-refractivity contribution is -0.148. The summed E-state index contributed by atoms with van der Waals surface area (Å²) < 4.78 is 11.6. The predicted molar refractivity (Wildman–Crippen MR) is 121 cm³/mol. The van der Waals surface area contributed by atoms with E-state index in [1.807, 2.05) is 49.1 Å². The molecule has 1 N–H and O–H groups in total. The molecule has 0 radical (unpaired) electrons. The topological polar surface area (TPSA) is 84.0 Å². The van der Waals surface area contributed by atoms with Crippen LogP contribution in [0.2, 0.25) is 0 Å². The van der Waals surface area contributed by atoms with Gasteiger partial charge in [0.1, 0.15) is 11.4 Å². The van der Waals surface area contributed by atoms with Crippen LogP contribution in [-0.4, -0.2) is 65.1 Å². The molecule has 8 nitrogen and oxygen atoms in total. The molecule has 32 heavy (non-hydrogen) atoms. The van der Waals surface area contributed by atoms with E-state index in [9.17, 15) is 9.59 Å². The molecule has 170 valence electrons. The van der Waals surface area contributed by atoms with E-state index in [1.54, 1.807) is 23.2 Å². The summed E-state index contributed by atoms with van der Waals surface area (Å²) >= 11 is 0. The van der Waals surface area contributed by atoms with Crippen LogP contribution < -0.4 is 10.1 Å². The number of ether oxygens (including phenoxy) is 2. The minimum atomic E-state index is -0.213. The number of morpholine rings is 1. The highest BCUT2D eigenvalue weighted by molar-refractivity contribution is 5.91. The first-order valence-corrected chi connectivity index (χ1v) is 11.2. The molecule has 0 bridgehead atoms. The summed E-state index contributed by atoms with van der Waals surface area (Å²) in [5, 5.41) is 2.91. The predicted octanol–water partition coefficient (Wildman–Crippen LogP) is 3.75. The van der Waals surface area contributed by atoms with Gasteiger partial charge in [0.05, 0.1) is 12.2 Å².